The number of hydrogen-bond acceptors (Lipinski definition) is 6. The summed E-state index contributed by atoms with van der Waals surface area (Å²) in [4.78, 5) is 12.0. The summed E-state index contributed by atoms with van der Waals surface area (Å²) in [7, 11) is -1.99. The van der Waals surface area contributed by atoms with Crippen molar-refractivity contribution in [3.05, 3.63) is 39.7 Å². The summed E-state index contributed by atoms with van der Waals surface area (Å²) < 4.78 is 36.9. The molecule has 0 saturated heterocycles. The van der Waals surface area contributed by atoms with Crippen molar-refractivity contribution in [1.29, 1.82) is 0 Å². The van der Waals surface area contributed by atoms with E-state index < -0.39 is 15.7 Å². The van der Waals surface area contributed by atoms with Gasteiger partial charge in [0.05, 0.1) is 20.0 Å². The summed E-state index contributed by atoms with van der Waals surface area (Å²) in [6, 6.07) is 5.21. The molecule has 2 aromatic rings. The van der Waals surface area contributed by atoms with Crippen LogP contribution in [0.25, 0.3) is 11.0 Å². The van der Waals surface area contributed by atoms with E-state index in [1.807, 2.05) is 0 Å². The molecule has 6 nitrogen and oxygen atoms in total. The van der Waals surface area contributed by atoms with Crippen molar-refractivity contribution in [3.63, 3.8) is 0 Å². The van der Waals surface area contributed by atoms with E-state index in [2.05, 4.69) is 4.18 Å². The lowest BCUT2D eigenvalue weighted by molar-refractivity contribution is 0.323. The molecule has 7 heteroatoms. The molecule has 0 bridgehead atoms. The second-order valence-electron chi connectivity index (χ2n) is 4.63. The molecule has 0 aliphatic rings. The second-order valence-corrected chi connectivity index (χ2v) is 6.28. The fourth-order valence-corrected chi connectivity index (χ4v) is 2.47. The highest BCUT2D eigenvalue weighted by atomic mass is 32.2. The van der Waals surface area contributed by atoms with Gasteiger partial charge in [0.2, 0.25) is 0 Å². The fraction of sp³-hybridized carbons (Fsp3) is 0.357. The molecule has 1 aromatic heterocycles. The predicted molar refractivity (Wildman–Crippen MR) is 78.3 cm³/mol. The van der Waals surface area contributed by atoms with Gasteiger partial charge in [-0.15, -0.1) is 0 Å². The normalized spacial score (nSPS) is 11.8. The first-order valence-corrected chi connectivity index (χ1v) is 8.08. The Morgan fingerprint density at radius 1 is 1.29 bits per heavy atom. The molecular formula is C14H16O6S. The molecule has 0 unspecified atom stereocenters. The topological polar surface area (TPSA) is 82.8 Å². The zero-order chi connectivity index (χ0) is 15.6. The average Bonchev–Trinajstić information content (AvgIpc) is 2.40. The van der Waals surface area contributed by atoms with E-state index in [1.54, 1.807) is 25.1 Å². The molecule has 0 aliphatic carbocycles. The van der Waals surface area contributed by atoms with Gasteiger partial charge < -0.3 is 9.15 Å². The van der Waals surface area contributed by atoms with E-state index in [9.17, 15) is 13.2 Å². The summed E-state index contributed by atoms with van der Waals surface area (Å²) in [6.07, 6.45) is 1.14. The summed E-state index contributed by atoms with van der Waals surface area (Å²) in [5, 5.41) is 0.782. The van der Waals surface area contributed by atoms with Crippen molar-refractivity contribution in [2.24, 2.45) is 0 Å². The maximum atomic E-state index is 12.0. The number of methoxy groups -OCH3 is 1. The van der Waals surface area contributed by atoms with Crippen molar-refractivity contribution in [2.45, 2.75) is 13.3 Å². The highest BCUT2D eigenvalue weighted by molar-refractivity contribution is 7.85. The van der Waals surface area contributed by atoms with Gasteiger partial charge in [-0.25, -0.2) is 4.79 Å². The van der Waals surface area contributed by atoms with Crippen molar-refractivity contribution in [3.8, 4) is 5.75 Å². The number of aryl methyl sites for hydroxylation is 1. The van der Waals surface area contributed by atoms with E-state index in [4.69, 9.17) is 9.15 Å². The van der Waals surface area contributed by atoms with Crippen LogP contribution in [0.1, 0.15) is 11.1 Å². The molecule has 0 fully saturated rings. The van der Waals surface area contributed by atoms with Crippen molar-refractivity contribution < 1.29 is 21.8 Å². The third-order valence-electron chi connectivity index (χ3n) is 3.14. The third kappa shape index (κ3) is 3.62. The minimum Gasteiger partial charge on any atom is -0.497 e. The molecule has 114 valence electrons. The lowest BCUT2D eigenvalue weighted by Crippen LogP contribution is -2.14. The van der Waals surface area contributed by atoms with E-state index >= 15 is 0 Å². The molecule has 0 spiro atoms. The Balaban J connectivity index is 2.39. The molecule has 0 amide bonds. The predicted octanol–water partition coefficient (Wildman–Crippen LogP) is 1.63. The maximum Gasteiger partial charge on any atom is 0.339 e. The van der Waals surface area contributed by atoms with Gasteiger partial charge in [0.15, 0.2) is 0 Å². The van der Waals surface area contributed by atoms with E-state index in [-0.39, 0.29) is 13.0 Å². The molecule has 1 heterocycles. The van der Waals surface area contributed by atoms with Gasteiger partial charge in [0.25, 0.3) is 10.1 Å². The average molecular weight is 312 g/mol. The van der Waals surface area contributed by atoms with Crippen LogP contribution in [0.3, 0.4) is 0 Å². The molecule has 0 aliphatic heterocycles. The van der Waals surface area contributed by atoms with Gasteiger partial charge >= 0.3 is 5.63 Å². The number of fused-ring (bicyclic) bond motifs is 1. The molecular weight excluding hydrogens is 296 g/mol. The quantitative estimate of drug-likeness (QED) is 0.616. The summed E-state index contributed by atoms with van der Waals surface area (Å²) in [5.41, 5.74) is 1.10. The number of hydrogen-bond donors (Lipinski definition) is 0. The molecule has 1 aromatic carbocycles. The number of ether oxygens (including phenoxy) is 1. The van der Waals surface area contributed by atoms with Gasteiger partial charge in [-0.3, -0.25) is 4.18 Å². The highest BCUT2D eigenvalue weighted by Gasteiger charge is 2.13. The monoisotopic (exact) mass is 312 g/mol. The minimum atomic E-state index is -3.52. The van der Waals surface area contributed by atoms with Crippen LogP contribution in [0.2, 0.25) is 0 Å². The third-order valence-corrected chi connectivity index (χ3v) is 3.74. The van der Waals surface area contributed by atoms with Crippen LogP contribution in [-0.4, -0.2) is 28.4 Å². The minimum absolute atomic E-state index is 0.0912. The molecule has 0 radical (unpaired) electrons. The zero-order valence-corrected chi connectivity index (χ0v) is 12.8. The first-order valence-electron chi connectivity index (χ1n) is 6.26. The van der Waals surface area contributed by atoms with E-state index in [0.29, 0.717) is 16.9 Å². The van der Waals surface area contributed by atoms with Gasteiger partial charge in [-0.05, 0) is 24.6 Å². The maximum absolute atomic E-state index is 12.0. The smallest absolute Gasteiger partial charge is 0.339 e. The molecule has 0 atom stereocenters. The van der Waals surface area contributed by atoms with Crippen molar-refractivity contribution >= 4 is 21.1 Å². The van der Waals surface area contributed by atoms with Crippen LogP contribution in [0.15, 0.2) is 27.4 Å². The number of rotatable bonds is 5. The van der Waals surface area contributed by atoms with Crippen LogP contribution in [0, 0.1) is 6.92 Å². The second kappa shape index (κ2) is 5.87. The zero-order valence-electron chi connectivity index (χ0n) is 12.0. The standard InChI is InChI=1S/C14H16O6S/c1-9-11-5-4-10(18-2)8-13(11)20-14(15)12(9)6-7-19-21(3,16)17/h4-5,8H,6-7H2,1-3H3. The van der Waals surface area contributed by atoms with Crippen molar-refractivity contribution in [2.75, 3.05) is 20.0 Å². The molecule has 0 saturated carbocycles. The first-order chi connectivity index (χ1) is 9.81. The summed E-state index contributed by atoms with van der Waals surface area (Å²) >= 11 is 0. The first kappa shape index (κ1) is 15.5. The van der Waals surface area contributed by atoms with E-state index in [0.717, 1.165) is 17.2 Å². The van der Waals surface area contributed by atoms with Crippen LogP contribution in [0.5, 0.6) is 5.75 Å². The number of benzene rings is 1. The Labute approximate surface area is 122 Å². The summed E-state index contributed by atoms with van der Waals surface area (Å²) in [6.45, 7) is 1.70. The largest absolute Gasteiger partial charge is 0.497 e. The Morgan fingerprint density at radius 2 is 2.00 bits per heavy atom. The van der Waals surface area contributed by atoms with Crippen LogP contribution in [0.4, 0.5) is 0 Å². The summed E-state index contributed by atoms with van der Waals surface area (Å²) in [5.74, 6) is 0.596. The van der Waals surface area contributed by atoms with Crippen LogP contribution in [-0.2, 0) is 20.7 Å². The van der Waals surface area contributed by atoms with Gasteiger partial charge in [0, 0.05) is 23.4 Å². The molecule has 0 N–H and O–H groups in total. The Hall–Kier alpha value is -1.86. The lowest BCUT2D eigenvalue weighted by Gasteiger charge is -2.08. The van der Waals surface area contributed by atoms with Gasteiger partial charge in [-0.2, -0.15) is 8.42 Å². The SMILES string of the molecule is COc1ccc2c(C)c(CCOS(C)(=O)=O)c(=O)oc2c1. The van der Waals surface area contributed by atoms with Gasteiger partial charge in [0.1, 0.15) is 11.3 Å². The van der Waals surface area contributed by atoms with Crippen molar-refractivity contribution in [1.82, 2.24) is 0 Å². The Kier molecular flexibility index (Phi) is 4.34. The lowest BCUT2D eigenvalue weighted by atomic mass is 10.0. The Bertz CT molecular complexity index is 819. The molecule has 21 heavy (non-hydrogen) atoms. The van der Waals surface area contributed by atoms with Crippen LogP contribution >= 0.6 is 0 Å². The van der Waals surface area contributed by atoms with Crippen LogP contribution < -0.4 is 10.4 Å². The highest BCUT2D eigenvalue weighted by Crippen LogP contribution is 2.24. The van der Waals surface area contributed by atoms with E-state index in [1.165, 1.54) is 7.11 Å². The molecule has 2 rings (SSSR count). The Morgan fingerprint density at radius 3 is 2.62 bits per heavy atom. The van der Waals surface area contributed by atoms with Gasteiger partial charge in [-0.1, -0.05) is 0 Å². The fourth-order valence-electron chi connectivity index (χ4n) is 2.09.